The van der Waals surface area contributed by atoms with Crippen molar-refractivity contribution in [3.8, 4) is 0 Å². The van der Waals surface area contributed by atoms with Gasteiger partial charge in [-0.2, -0.15) is 0 Å². The van der Waals surface area contributed by atoms with Gasteiger partial charge < -0.3 is 33.2 Å². The van der Waals surface area contributed by atoms with Crippen LogP contribution in [0.3, 0.4) is 0 Å². The van der Waals surface area contributed by atoms with E-state index in [-0.39, 0.29) is 78.1 Å². The molecule has 1 atom stereocenters. The Morgan fingerprint density at radius 3 is 2.09 bits per heavy atom. The number of nitrogens with one attached hydrogen (secondary N) is 1. The molecule has 13 heteroatoms. The summed E-state index contributed by atoms with van der Waals surface area (Å²) in [5.74, 6) is 0.347. The van der Waals surface area contributed by atoms with Gasteiger partial charge in [-0.1, -0.05) is 5.16 Å². The number of aryl methyl sites for hydroxylation is 1. The molecule has 22 heavy (non-hydrogen) atoms. The number of rotatable bonds is 8. The molecule has 0 fully saturated rings. The molecule has 0 spiro atoms. The van der Waals surface area contributed by atoms with Gasteiger partial charge in [0.15, 0.2) is 11.3 Å². The standard InChI is InChI=1S/C9H18N2O7P2.2Na/c1-4-16-20(15,17-5-2)9(19(12,13)14)10-8-6-7(3)18-11-8;;/h6,9H,4-5H2,1-3H3,(H,10,11)(H2,12,13,14);;/q;2*+1/p-2. The Hall–Kier alpha value is 1.31. The molecule has 1 unspecified atom stereocenters. The molecule has 0 aliphatic rings. The van der Waals surface area contributed by atoms with E-state index in [2.05, 4.69) is 10.5 Å². The van der Waals surface area contributed by atoms with Crippen LogP contribution in [-0.4, -0.2) is 23.9 Å². The summed E-state index contributed by atoms with van der Waals surface area (Å²) in [5.41, 5.74) is -2.07. The van der Waals surface area contributed by atoms with Gasteiger partial charge in [0.1, 0.15) is 5.76 Å². The van der Waals surface area contributed by atoms with Crippen LogP contribution in [0.25, 0.3) is 0 Å². The zero-order valence-electron chi connectivity index (χ0n) is 13.3. The van der Waals surface area contributed by atoms with E-state index >= 15 is 0 Å². The molecule has 0 aliphatic heterocycles. The van der Waals surface area contributed by atoms with E-state index in [1.165, 1.54) is 19.9 Å². The number of hydrogen-bond donors (Lipinski definition) is 1. The molecule has 0 aromatic carbocycles. The maximum Gasteiger partial charge on any atom is 1.00 e. The van der Waals surface area contributed by atoms with E-state index in [1.54, 1.807) is 6.92 Å². The molecule has 0 saturated carbocycles. The quantitative estimate of drug-likeness (QED) is 0.351. The first-order valence-electron chi connectivity index (χ1n) is 5.83. The van der Waals surface area contributed by atoms with E-state index < -0.39 is 20.7 Å². The van der Waals surface area contributed by atoms with Crippen molar-refractivity contribution in [1.82, 2.24) is 5.16 Å². The minimum atomic E-state index is -5.32. The van der Waals surface area contributed by atoms with Crippen molar-refractivity contribution in [2.24, 2.45) is 0 Å². The fraction of sp³-hybridized carbons (Fsp3) is 0.667. The Balaban J connectivity index is 0. The van der Waals surface area contributed by atoms with Crippen LogP contribution in [-0.2, 0) is 18.2 Å². The number of nitrogens with zero attached hydrogens (tertiary/aromatic N) is 1. The van der Waals surface area contributed by atoms with Crippen LogP contribution in [0, 0.1) is 6.92 Å². The molecular formula is C9H16N2Na2O7P2. The van der Waals surface area contributed by atoms with E-state index in [4.69, 9.17) is 13.6 Å². The third-order valence-electron chi connectivity index (χ3n) is 2.12. The minimum Gasteiger partial charge on any atom is -0.809 e. The van der Waals surface area contributed by atoms with Crippen LogP contribution in [0.5, 0.6) is 0 Å². The van der Waals surface area contributed by atoms with Crippen molar-refractivity contribution in [2.45, 2.75) is 26.3 Å². The summed E-state index contributed by atoms with van der Waals surface area (Å²) in [6.45, 7) is 4.43. The van der Waals surface area contributed by atoms with Gasteiger partial charge in [0.05, 0.1) is 13.2 Å². The largest absolute Gasteiger partial charge is 1.00 e. The fourth-order valence-corrected chi connectivity index (χ4v) is 4.88. The van der Waals surface area contributed by atoms with Crippen molar-refractivity contribution >= 4 is 21.0 Å². The molecule has 0 aliphatic carbocycles. The summed E-state index contributed by atoms with van der Waals surface area (Å²) in [6, 6.07) is 1.35. The number of anilines is 1. The number of hydrogen-bond acceptors (Lipinski definition) is 9. The van der Waals surface area contributed by atoms with E-state index in [0.29, 0.717) is 5.76 Å². The maximum absolute atomic E-state index is 12.4. The average molecular weight is 372 g/mol. The molecule has 1 heterocycles. The van der Waals surface area contributed by atoms with Gasteiger partial charge in [-0.3, -0.25) is 4.57 Å². The van der Waals surface area contributed by atoms with Crippen molar-refractivity contribution in [2.75, 3.05) is 18.5 Å². The molecule has 0 radical (unpaired) electrons. The van der Waals surface area contributed by atoms with Crippen LogP contribution in [0.15, 0.2) is 10.6 Å². The zero-order chi connectivity index (χ0) is 15.4. The zero-order valence-corrected chi connectivity index (χ0v) is 19.1. The van der Waals surface area contributed by atoms with Crippen molar-refractivity contribution < 1.29 is 91.6 Å². The van der Waals surface area contributed by atoms with Gasteiger partial charge in [-0.05, 0) is 28.4 Å². The predicted octanol–water partition coefficient (Wildman–Crippen LogP) is -5.13. The van der Waals surface area contributed by atoms with E-state index in [9.17, 15) is 18.9 Å². The summed E-state index contributed by atoms with van der Waals surface area (Å²) in [4.78, 5) is 22.7. The van der Waals surface area contributed by atoms with Crippen LogP contribution >= 0.6 is 15.2 Å². The van der Waals surface area contributed by atoms with Crippen LogP contribution in [0.2, 0.25) is 0 Å². The second-order valence-electron chi connectivity index (χ2n) is 3.76. The van der Waals surface area contributed by atoms with Crippen LogP contribution < -0.4 is 74.2 Å². The third kappa shape index (κ3) is 7.47. The first kappa shape index (κ1) is 25.5. The van der Waals surface area contributed by atoms with Gasteiger partial charge in [0, 0.05) is 6.07 Å². The first-order valence-corrected chi connectivity index (χ1v) is 9.05. The van der Waals surface area contributed by atoms with Crippen molar-refractivity contribution in [1.29, 1.82) is 0 Å². The van der Waals surface area contributed by atoms with Crippen LogP contribution in [0.4, 0.5) is 5.82 Å². The molecule has 116 valence electrons. The monoisotopic (exact) mass is 372 g/mol. The topological polar surface area (TPSA) is 137 Å². The van der Waals surface area contributed by atoms with Crippen molar-refractivity contribution in [3.63, 3.8) is 0 Å². The minimum absolute atomic E-state index is 0. The Morgan fingerprint density at radius 2 is 1.77 bits per heavy atom. The van der Waals surface area contributed by atoms with E-state index in [1.807, 2.05) is 0 Å². The molecule has 0 bridgehead atoms. The number of aromatic nitrogens is 1. The molecule has 0 amide bonds. The third-order valence-corrected chi connectivity index (χ3v) is 6.51. The molecule has 0 saturated heterocycles. The molecule has 1 aromatic heterocycles. The first-order chi connectivity index (χ1) is 9.23. The molecule has 1 aromatic rings. The van der Waals surface area contributed by atoms with Gasteiger partial charge in [0.25, 0.3) is 0 Å². The summed E-state index contributed by atoms with van der Waals surface area (Å²) in [6.07, 6.45) is 0. The molecule has 9 nitrogen and oxygen atoms in total. The Labute approximate surface area is 173 Å². The van der Waals surface area contributed by atoms with Gasteiger partial charge in [0.2, 0.25) is 0 Å². The molecule has 1 N–H and O–H groups in total. The Bertz CT molecular complexity index is 526. The molecular weight excluding hydrogens is 356 g/mol. The molecule has 1 rings (SSSR count). The Morgan fingerprint density at radius 1 is 1.27 bits per heavy atom. The summed E-state index contributed by atoms with van der Waals surface area (Å²) in [7, 11) is -9.51. The maximum atomic E-state index is 12.4. The van der Waals surface area contributed by atoms with Crippen molar-refractivity contribution in [3.05, 3.63) is 11.8 Å². The fourth-order valence-electron chi connectivity index (χ4n) is 1.44. The van der Waals surface area contributed by atoms with Gasteiger partial charge >= 0.3 is 66.7 Å². The predicted molar refractivity (Wildman–Crippen MR) is 67.1 cm³/mol. The van der Waals surface area contributed by atoms with E-state index in [0.717, 1.165) is 0 Å². The second kappa shape index (κ2) is 11.0. The summed E-state index contributed by atoms with van der Waals surface area (Å²) >= 11 is 0. The Kier molecular flexibility index (Phi) is 12.8. The normalized spacial score (nSPS) is 13.0. The average Bonchev–Trinajstić information content (AvgIpc) is 2.71. The second-order valence-corrected chi connectivity index (χ2v) is 7.87. The van der Waals surface area contributed by atoms with Crippen LogP contribution in [0.1, 0.15) is 19.6 Å². The van der Waals surface area contributed by atoms with Gasteiger partial charge in [-0.15, -0.1) is 0 Å². The van der Waals surface area contributed by atoms with Gasteiger partial charge in [-0.25, -0.2) is 0 Å². The summed E-state index contributed by atoms with van der Waals surface area (Å²) in [5, 5.41) is 5.73. The smallest absolute Gasteiger partial charge is 0.809 e. The SMILES string of the molecule is CCOP(=O)(OCC)C(Nc1cc(C)on1)P(=O)([O-])[O-].[Na+].[Na+]. The summed E-state index contributed by atoms with van der Waals surface area (Å²) < 4.78 is 38.3.